The lowest BCUT2D eigenvalue weighted by Gasteiger charge is -1.94. The summed E-state index contributed by atoms with van der Waals surface area (Å²) in [7, 11) is 0. The summed E-state index contributed by atoms with van der Waals surface area (Å²) in [5.41, 5.74) is 7.82. The Kier molecular flexibility index (Phi) is 2.18. The summed E-state index contributed by atoms with van der Waals surface area (Å²) in [6.45, 7) is 0. The van der Waals surface area contributed by atoms with Crippen LogP contribution >= 0.6 is 0 Å². The molecule has 0 fully saturated rings. The third-order valence-corrected chi connectivity index (χ3v) is 2.38. The Hall–Kier alpha value is -2.50. The third-order valence-electron chi connectivity index (χ3n) is 2.38. The number of imidazole rings is 1. The van der Waals surface area contributed by atoms with Gasteiger partial charge in [0.2, 0.25) is 5.95 Å². The van der Waals surface area contributed by atoms with Crippen molar-refractivity contribution in [2.45, 2.75) is 6.42 Å². The molecule has 0 spiro atoms. The van der Waals surface area contributed by atoms with Crippen LogP contribution in [0.2, 0.25) is 0 Å². The first-order valence-corrected chi connectivity index (χ1v) is 5.18. The molecule has 17 heavy (non-hydrogen) atoms. The maximum Gasteiger partial charge on any atom is 0.222 e. The van der Waals surface area contributed by atoms with Crippen molar-refractivity contribution in [1.82, 2.24) is 24.9 Å². The first-order chi connectivity index (χ1) is 8.31. The van der Waals surface area contributed by atoms with E-state index in [1.807, 2.05) is 18.2 Å². The average molecular weight is 226 g/mol. The molecular formula is C11H10N6. The molecule has 3 aromatic heterocycles. The van der Waals surface area contributed by atoms with Crippen LogP contribution in [0.1, 0.15) is 11.5 Å². The van der Waals surface area contributed by atoms with Crippen LogP contribution in [0.5, 0.6) is 0 Å². The molecule has 84 valence electrons. The summed E-state index contributed by atoms with van der Waals surface area (Å²) >= 11 is 0. The lowest BCUT2D eigenvalue weighted by Crippen LogP contribution is -1.93. The zero-order valence-corrected chi connectivity index (χ0v) is 8.96. The van der Waals surface area contributed by atoms with E-state index >= 15 is 0 Å². The number of anilines is 1. The van der Waals surface area contributed by atoms with Crippen LogP contribution in [0.3, 0.4) is 0 Å². The zero-order chi connectivity index (χ0) is 11.7. The second-order valence-electron chi connectivity index (χ2n) is 3.64. The van der Waals surface area contributed by atoms with Gasteiger partial charge in [-0.15, -0.1) is 0 Å². The first kappa shape index (κ1) is 9.71. The molecule has 0 aliphatic carbocycles. The Bertz CT molecular complexity index is 645. The molecule has 0 unspecified atom stereocenters. The zero-order valence-electron chi connectivity index (χ0n) is 8.96. The molecular weight excluding hydrogens is 216 g/mol. The number of fused-ring (bicyclic) bond motifs is 1. The highest BCUT2D eigenvalue weighted by Gasteiger charge is 2.06. The van der Waals surface area contributed by atoms with Crippen molar-refractivity contribution in [1.29, 1.82) is 0 Å². The Labute approximate surface area is 97.0 Å². The Morgan fingerprint density at radius 2 is 2.12 bits per heavy atom. The summed E-state index contributed by atoms with van der Waals surface area (Å²) in [4.78, 5) is 19.7. The van der Waals surface area contributed by atoms with Crippen LogP contribution in [-0.2, 0) is 6.42 Å². The maximum absolute atomic E-state index is 5.50. The van der Waals surface area contributed by atoms with Gasteiger partial charge in [0.1, 0.15) is 11.3 Å². The summed E-state index contributed by atoms with van der Waals surface area (Å²) in [6, 6.07) is 5.78. The predicted octanol–water partition coefficient (Wildman–Crippen LogP) is 0.921. The second-order valence-corrected chi connectivity index (χ2v) is 3.64. The molecule has 0 saturated carbocycles. The van der Waals surface area contributed by atoms with E-state index in [1.54, 1.807) is 12.4 Å². The lowest BCUT2D eigenvalue weighted by molar-refractivity contribution is 0.983. The highest BCUT2D eigenvalue weighted by atomic mass is 15.1. The van der Waals surface area contributed by atoms with E-state index in [-0.39, 0.29) is 5.95 Å². The van der Waals surface area contributed by atoms with Gasteiger partial charge in [-0.2, -0.15) is 4.98 Å². The van der Waals surface area contributed by atoms with Gasteiger partial charge in [0.15, 0.2) is 5.65 Å². The van der Waals surface area contributed by atoms with Gasteiger partial charge < -0.3 is 10.7 Å². The van der Waals surface area contributed by atoms with E-state index in [0.717, 1.165) is 11.5 Å². The fraction of sp³-hybridized carbons (Fsp3) is 0.0909. The number of hydrogen-bond donors (Lipinski definition) is 2. The quantitative estimate of drug-likeness (QED) is 0.677. The van der Waals surface area contributed by atoms with E-state index in [9.17, 15) is 0 Å². The molecule has 0 aliphatic heterocycles. The molecule has 6 nitrogen and oxygen atoms in total. The van der Waals surface area contributed by atoms with Crippen LogP contribution in [0, 0.1) is 0 Å². The molecule has 3 aromatic rings. The molecule has 0 saturated heterocycles. The topological polar surface area (TPSA) is 93.4 Å². The Balaban J connectivity index is 1.96. The largest absolute Gasteiger partial charge is 0.368 e. The molecule has 0 aromatic carbocycles. The minimum absolute atomic E-state index is 0.241. The van der Waals surface area contributed by atoms with Gasteiger partial charge >= 0.3 is 0 Å². The molecule has 0 amide bonds. The van der Waals surface area contributed by atoms with Gasteiger partial charge in [-0.3, -0.25) is 4.98 Å². The third kappa shape index (κ3) is 1.92. The standard InChI is InChI=1S/C11H10N6/c12-11-14-6-8-10(17-11)16-9(15-8)5-7-3-1-2-4-13-7/h1-4,6H,5H2,(H3,12,14,15,16,17). The van der Waals surface area contributed by atoms with E-state index in [1.165, 1.54) is 0 Å². The summed E-state index contributed by atoms with van der Waals surface area (Å²) in [6.07, 6.45) is 4.00. The number of rotatable bonds is 2. The predicted molar refractivity (Wildman–Crippen MR) is 63.1 cm³/mol. The van der Waals surface area contributed by atoms with Crippen molar-refractivity contribution in [3.63, 3.8) is 0 Å². The summed E-state index contributed by atoms with van der Waals surface area (Å²) in [5, 5.41) is 0. The normalized spacial score (nSPS) is 10.8. The van der Waals surface area contributed by atoms with Gasteiger partial charge in [0, 0.05) is 18.3 Å². The van der Waals surface area contributed by atoms with Crippen molar-refractivity contribution in [2.24, 2.45) is 0 Å². The fourth-order valence-electron chi connectivity index (χ4n) is 1.63. The highest BCUT2D eigenvalue weighted by molar-refractivity contribution is 5.70. The van der Waals surface area contributed by atoms with Crippen LogP contribution < -0.4 is 5.73 Å². The molecule has 6 heteroatoms. The fourth-order valence-corrected chi connectivity index (χ4v) is 1.63. The van der Waals surface area contributed by atoms with E-state index in [4.69, 9.17) is 5.73 Å². The molecule has 0 bridgehead atoms. The van der Waals surface area contributed by atoms with Crippen molar-refractivity contribution >= 4 is 17.1 Å². The second kappa shape index (κ2) is 3.82. The van der Waals surface area contributed by atoms with Crippen LogP contribution in [0.15, 0.2) is 30.6 Å². The Morgan fingerprint density at radius 3 is 2.94 bits per heavy atom. The lowest BCUT2D eigenvalue weighted by atomic mass is 10.3. The van der Waals surface area contributed by atoms with E-state index in [0.29, 0.717) is 17.6 Å². The molecule has 3 rings (SSSR count). The average Bonchev–Trinajstić information content (AvgIpc) is 2.71. The molecule has 0 radical (unpaired) electrons. The van der Waals surface area contributed by atoms with Crippen molar-refractivity contribution in [3.05, 3.63) is 42.1 Å². The van der Waals surface area contributed by atoms with Gasteiger partial charge in [-0.25, -0.2) is 9.97 Å². The van der Waals surface area contributed by atoms with Gasteiger partial charge in [-0.05, 0) is 12.1 Å². The number of hydrogen-bond acceptors (Lipinski definition) is 5. The number of nitrogens with zero attached hydrogens (tertiary/aromatic N) is 4. The molecule has 0 aliphatic rings. The minimum Gasteiger partial charge on any atom is -0.368 e. The van der Waals surface area contributed by atoms with Crippen molar-refractivity contribution < 1.29 is 0 Å². The molecule has 3 N–H and O–H groups in total. The summed E-state index contributed by atoms with van der Waals surface area (Å²) < 4.78 is 0. The van der Waals surface area contributed by atoms with E-state index < -0.39 is 0 Å². The number of pyridine rings is 1. The van der Waals surface area contributed by atoms with Crippen LogP contribution in [0.25, 0.3) is 11.2 Å². The van der Waals surface area contributed by atoms with Gasteiger partial charge in [0.25, 0.3) is 0 Å². The number of H-pyrrole nitrogens is 1. The number of aromatic nitrogens is 5. The van der Waals surface area contributed by atoms with E-state index in [2.05, 4.69) is 24.9 Å². The van der Waals surface area contributed by atoms with Crippen molar-refractivity contribution in [3.8, 4) is 0 Å². The minimum atomic E-state index is 0.241. The highest BCUT2D eigenvalue weighted by Crippen LogP contribution is 2.10. The maximum atomic E-state index is 5.50. The number of nitrogens with one attached hydrogen (secondary N) is 1. The molecule has 3 heterocycles. The number of nitrogens with two attached hydrogens (primary N) is 1. The SMILES string of the molecule is Nc1ncc2nc(Cc3ccccn3)[nH]c2n1. The number of aromatic amines is 1. The van der Waals surface area contributed by atoms with Gasteiger partial charge in [-0.1, -0.05) is 6.07 Å². The van der Waals surface area contributed by atoms with Crippen LogP contribution in [-0.4, -0.2) is 24.9 Å². The first-order valence-electron chi connectivity index (χ1n) is 5.18. The Morgan fingerprint density at radius 1 is 1.18 bits per heavy atom. The molecule has 0 atom stereocenters. The van der Waals surface area contributed by atoms with Crippen molar-refractivity contribution in [2.75, 3.05) is 5.73 Å². The van der Waals surface area contributed by atoms with Gasteiger partial charge in [0.05, 0.1) is 6.20 Å². The van der Waals surface area contributed by atoms with Crippen LogP contribution in [0.4, 0.5) is 5.95 Å². The smallest absolute Gasteiger partial charge is 0.222 e. The monoisotopic (exact) mass is 226 g/mol. The number of nitrogen functional groups attached to an aromatic ring is 1. The summed E-state index contributed by atoms with van der Waals surface area (Å²) in [5.74, 6) is 1.05.